The maximum absolute atomic E-state index is 12.6. The maximum Gasteiger partial charge on any atom is 0.387 e. The molecular formula is C17H9BrF2N2OS. The molecule has 0 spiro atoms. The van der Waals surface area contributed by atoms with E-state index in [1.165, 1.54) is 23.5 Å². The lowest BCUT2D eigenvalue weighted by molar-refractivity contribution is -0.0499. The number of hydrogen-bond acceptors (Lipinski definition) is 4. The van der Waals surface area contributed by atoms with Crippen LogP contribution in [0.25, 0.3) is 21.9 Å². The Bertz CT molecular complexity index is 930. The molecule has 0 aliphatic carbocycles. The Kier molecular flexibility index (Phi) is 4.88. The van der Waals surface area contributed by atoms with Crippen LogP contribution in [-0.4, -0.2) is 11.6 Å². The number of para-hydroxylation sites is 1. The molecule has 0 unspecified atom stereocenters. The predicted molar refractivity (Wildman–Crippen MR) is 93.9 cm³/mol. The molecular weight excluding hydrogens is 398 g/mol. The molecule has 0 saturated carbocycles. The van der Waals surface area contributed by atoms with Gasteiger partial charge in [0.25, 0.3) is 0 Å². The van der Waals surface area contributed by atoms with Gasteiger partial charge in [-0.3, -0.25) is 0 Å². The normalized spacial score (nSPS) is 11.7. The molecule has 0 aliphatic rings. The van der Waals surface area contributed by atoms with Gasteiger partial charge in [0, 0.05) is 10.0 Å². The summed E-state index contributed by atoms with van der Waals surface area (Å²) < 4.78 is 31.3. The lowest BCUT2D eigenvalue weighted by atomic mass is 10.1. The third-order valence-corrected chi connectivity index (χ3v) is 4.70. The van der Waals surface area contributed by atoms with Gasteiger partial charge in [-0.2, -0.15) is 14.0 Å². The smallest absolute Gasteiger partial charge is 0.387 e. The van der Waals surface area contributed by atoms with Gasteiger partial charge in [-0.05, 0) is 36.4 Å². The van der Waals surface area contributed by atoms with Crippen LogP contribution < -0.4 is 4.74 Å². The number of fused-ring (bicyclic) bond motifs is 1. The van der Waals surface area contributed by atoms with Gasteiger partial charge >= 0.3 is 6.61 Å². The number of halogens is 3. The van der Waals surface area contributed by atoms with E-state index >= 15 is 0 Å². The minimum absolute atomic E-state index is 0.00191. The molecule has 0 atom stereocenters. The van der Waals surface area contributed by atoms with Crippen LogP contribution in [0.4, 0.5) is 8.78 Å². The van der Waals surface area contributed by atoms with Crippen molar-refractivity contribution in [3.05, 3.63) is 57.5 Å². The third kappa shape index (κ3) is 3.61. The molecule has 3 nitrogen and oxygen atoms in total. The van der Waals surface area contributed by atoms with Gasteiger partial charge < -0.3 is 4.74 Å². The first-order valence-electron chi connectivity index (χ1n) is 6.79. The summed E-state index contributed by atoms with van der Waals surface area (Å²) in [5.74, 6) is 0.00191. The van der Waals surface area contributed by atoms with Crippen molar-refractivity contribution in [1.29, 1.82) is 5.26 Å². The number of nitriles is 1. The minimum atomic E-state index is -2.94. The van der Waals surface area contributed by atoms with Gasteiger partial charge in [0.2, 0.25) is 0 Å². The van der Waals surface area contributed by atoms with E-state index in [4.69, 9.17) is 0 Å². The molecule has 0 saturated heterocycles. The second-order valence-corrected chi connectivity index (χ2v) is 6.66. The van der Waals surface area contributed by atoms with Crippen LogP contribution in [0.5, 0.6) is 5.75 Å². The van der Waals surface area contributed by atoms with Gasteiger partial charge in [-0.15, -0.1) is 11.3 Å². The maximum atomic E-state index is 12.6. The summed E-state index contributed by atoms with van der Waals surface area (Å²) in [6.45, 7) is -2.94. The van der Waals surface area contributed by atoms with Gasteiger partial charge in [0.15, 0.2) is 0 Å². The van der Waals surface area contributed by atoms with E-state index in [0.717, 1.165) is 10.2 Å². The van der Waals surface area contributed by atoms with E-state index in [2.05, 4.69) is 31.7 Å². The summed E-state index contributed by atoms with van der Waals surface area (Å²) >= 11 is 4.66. The average Bonchev–Trinajstić information content (AvgIpc) is 2.98. The molecule has 0 fully saturated rings. The van der Waals surface area contributed by atoms with Crippen LogP contribution in [0.1, 0.15) is 10.6 Å². The molecule has 3 rings (SSSR count). The Morgan fingerprint density at radius 3 is 2.79 bits per heavy atom. The number of thiazole rings is 1. The van der Waals surface area contributed by atoms with Gasteiger partial charge in [0.05, 0.1) is 15.8 Å². The molecule has 120 valence electrons. The molecule has 2 aromatic carbocycles. The van der Waals surface area contributed by atoms with Gasteiger partial charge in [0.1, 0.15) is 16.8 Å². The fourth-order valence-corrected chi connectivity index (χ4v) is 3.43. The van der Waals surface area contributed by atoms with E-state index in [-0.39, 0.29) is 11.3 Å². The number of hydrogen-bond donors (Lipinski definition) is 0. The molecule has 1 heterocycles. The van der Waals surface area contributed by atoms with Crippen LogP contribution in [0, 0.1) is 11.3 Å². The minimum Gasteiger partial charge on any atom is -0.434 e. The lowest BCUT2D eigenvalue weighted by Gasteiger charge is -2.08. The fourth-order valence-electron chi connectivity index (χ4n) is 2.12. The molecule has 1 aromatic heterocycles. The van der Waals surface area contributed by atoms with Crippen molar-refractivity contribution in [2.45, 2.75) is 6.61 Å². The molecule has 24 heavy (non-hydrogen) atoms. The highest BCUT2D eigenvalue weighted by Crippen LogP contribution is 2.31. The van der Waals surface area contributed by atoms with E-state index < -0.39 is 6.61 Å². The largest absolute Gasteiger partial charge is 0.434 e. The highest BCUT2D eigenvalue weighted by molar-refractivity contribution is 9.10. The summed E-state index contributed by atoms with van der Waals surface area (Å²) in [6.07, 6.45) is 1.50. The number of allylic oxidation sites excluding steroid dienone is 1. The zero-order valence-corrected chi connectivity index (χ0v) is 14.4. The van der Waals surface area contributed by atoms with E-state index in [9.17, 15) is 14.0 Å². The highest BCUT2D eigenvalue weighted by atomic mass is 79.9. The molecule has 0 bridgehead atoms. The molecule has 3 aromatic rings. The van der Waals surface area contributed by atoms with Crippen LogP contribution in [0.15, 0.2) is 46.9 Å². The average molecular weight is 407 g/mol. The highest BCUT2D eigenvalue weighted by Gasteiger charge is 2.13. The monoisotopic (exact) mass is 406 g/mol. The first-order chi connectivity index (χ1) is 11.6. The van der Waals surface area contributed by atoms with Crippen molar-refractivity contribution < 1.29 is 13.5 Å². The topological polar surface area (TPSA) is 45.9 Å². The van der Waals surface area contributed by atoms with Crippen molar-refractivity contribution in [2.24, 2.45) is 0 Å². The predicted octanol–water partition coefficient (Wildman–Crippen LogP) is 5.72. The molecule has 7 heteroatoms. The summed E-state index contributed by atoms with van der Waals surface area (Å²) in [5.41, 5.74) is 1.45. The Balaban J connectivity index is 2.07. The lowest BCUT2D eigenvalue weighted by Crippen LogP contribution is -2.03. The van der Waals surface area contributed by atoms with Gasteiger partial charge in [-0.25, -0.2) is 4.98 Å². The Labute approximate surface area is 149 Å². The first-order valence-corrected chi connectivity index (χ1v) is 8.40. The van der Waals surface area contributed by atoms with Gasteiger partial charge in [-0.1, -0.05) is 28.1 Å². The zero-order chi connectivity index (χ0) is 17.1. The summed E-state index contributed by atoms with van der Waals surface area (Å²) in [4.78, 5) is 4.42. The van der Waals surface area contributed by atoms with Crippen LogP contribution in [-0.2, 0) is 0 Å². The summed E-state index contributed by atoms with van der Waals surface area (Å²) in [6, 6.07) is 14.2. The Morgan fingerprint density at radius 1 is 1.29 bits per heavy atom. The fraction of sp³-hybridized carbons (Fsp3) is 0.0588. The summed E-state index contributed by atoms with van der Waals surface area (Å²) in [7, 11) is 0. The van der Waals surface area contributed by atoms with Crippen molar-refractivity contribution in [3.8, 4) is 11.8 Å². The molecule has 0 aliphatic heterocycles. The van der Waals surface area contributed by atoms with Crippen LogP contribution in [0.2, 0.25) is 0 Å². The molecule has 0 N–H and O–H groups in total. The standard InChI is InChI=1S/C17H9BrF2N2OS/c18-12-5-6-14(23-17(19)20)10(8-12)7-11(9-21)16-22-13-3-1-2-4-15(13)24-16/h1-8,17H/b11-7-. The Hall–Kier alpha value is -2.30. The number of ether oxygens (including phenoxy) is 1. The van der Waals surface area contributed by atoms with Crippen molar-refractivity contribution >= 4 is 49.1 Å². The second-order valence-electron chi connectivity index (χ2n) is 4.72. The number of benzene rings is 2. The van der Waals surface area contributed by atoms with E-state index in [1.54, 1.807) is 12.1 Å². The summed E-state index contributed by atoms with van der Waals surface area (Å²) in [5, 5.41) is 9.99. The quantitative estimate of drug-likeness (QED) is 0.520. The second kappa shape index (κ2) is 7.07. The third-order valence-electron chi connectivity index (χ3n) is 3.13. The SMILES string of the molecule is N#C/C(=C/c1cc(Br)ccc1OC(F)F)c1nc2ccccc2s1. The van der Waals surface area contributed by atoms with Crippen molar-refractivity contribution in [1.82, 2.24) is 4.98 Å². The Morgan fingerprint density at radius 2 is 2.08 bits per heavy atom. The van der Waals surface area contributed by atoms with E-state index in [0.29, 0.717) is 15.0 Å². The first kappa shape index (κ1) is 16.6. The number of nitrogens with zero attached hydrogens (tertiary/aromatic N) is 2. The number of aromatic nitrogens is 1. The molecule has 0 amide bonds. The molecule has 0 radical (unpaired) electrons. The van der Waals surface area contributed by atoms with E-state index in [1.807, 2.05) is 24.3 Å². The van der Waals surface area contributed by atoms with Crippen LogP contribution in [0.3, 0.4) is 0 Å². The number of alkyl halides is 2. The number of rotatable bonds is 4. The van der Waals surface area contributed by atoms with Crippen LogP contribution >= 0.6 is 27.3 Å². The van der Waals surface area contributed by atoms with Crippen molar-refractivity contribution in [3.63, 3.8) is 0 Å². The van der Waals surface area contributed by atoms with Crippen molar-refractivity contribution in [2.75, 3.05) is 0 Å². The zero-order valence-electron chi connectivity index (χ0n) is 12.0.